The lowest BCUT2D eigenvalue weighted by Crippen LogP contribution is -2.62. The number of nitrogens with two attached hydrogens (primary N) is 5. The van der Waals surface area contributed by atoms with Gasteiger partial charge in [-0.1, -0.05) is 6.42 Å². The zero-order valence-corrected chi connectivity index (χ0v) is 72.2. The number of piperazine rings is 5. The molecule has 0 amide bonds. The van der Waals surface area contributed by atoms with Crippen molar-refractivity contribution in [3.8, 4) is 28.7 Å². The van der Waals surface area contributed by atoms with Gasteiger partial charge in [0.15, 0.2) is 0 Å². The third kappa shape index (κ3) is 27.0. The van der Waals surface area contributed by atoms with Crippen LogP contribution >= 0.6 is 0 Å². The number of benzene rings is 5. The number of likely N-dealkylation sites (N-methyl/N-ethyl adjacent to an activating group) is 4. The molecule has 0 unspecified atom stereocenters. The Morgan fingerprint density at radius 3 is 0.802 bits per heavy atom. The lowest BCUT2D eigenvalue weighted by molar-refractivity contribution is -0.932. The molecule has 0 saturated carbocycles. The van der Waals surface area contributed by atoms with Crippen molar-refractivity contribution in [2.75, 3.05) is 404 Å². The average Bonchev–Trinajstić information content (AvgIpc) is 0.830. The number of ether oxygens (including phenoxy) is 5. The number of aliphatic hydroxyl groups is 3. The predicted octanol–water partition coefficient (Wildman–Crippen LogP) is 4.34. The topological polar surface area (TPSA) is 269 Å². The maximum absolute atomic E-state index is 9.32. The van der Waals surface area contributed by atoms with Crippen molar-refractivity contribution < 1.29 is 61.4 Å². The first kappa shape index (κ1) is 89.4. The summed E-state index contributed by atoms with van der Waals surface area (Å²) < 4.78 is 33.9. The number of unbranched alkanes of at least 4 members (excludes halogenated alkanes) is 2. The number of hydrogen-bond donors (Lipinski definition) is 8. The molecule has 5 aromatic rings. The zero-order chi connectivity index (χ0) is 82.1. The molecule has 0 spiro atoms. The van der Waals surface area contributed by atoms with Crippen LogP contribution in [0.15, 0.2) is 91.0 Å². The predicted molar refractivity (Wildman–Crippen MR) is 475 cm³/mol. The van der Waals surface area contributed by atoms with Gasteiger partial charge in [0.2, 0.25) is 0 Å². The molecule has 15 rings (SSSR count). The van der Waals surface area contributed by atoms with Crippen molar-refractivity contribution in [1.29, 1.82) is 0 Å². The molecule has 646 valence electrons. The minimum absolute atomic E-state index is 0.188. The fourth-order valence-corrected chi connectivity index (χ4v) is 17.6. The summed E-state index contributed by atoms with van der Waals surface area (Å²) in [5, 5.41) is 27.8. The Hall–Kier alpha value is -7.42. The molecule has 28 nitrogen and oxygen atoms in total. The van der Waals surface area contributed by atoms with Gasteiger partial charge in [-0.3, -0.25) is 24.5 Å². The van der Waals surface area contributed by atoms with E-state index in [-0.39, 0.29) is 19.8 Å². The van der Waals surface area contributed by atoms with Gasteiger partial charge in [-0.2, -0.15) is 0 Å². The largest absolute Gasteiger partial charge is 0.489 e. The minimum atomic E-state index is 0.188. The smallest absolute Gasteiger partial charge is 0.144 e. The molecule has 10 aliphatic heterocycles. The van der Waals surface area contributed by atoms with Gasteiger partial charge in [-0.15, -0.1) is 0 Å². The van der Waals surface area contributed by atoms with Crippen molar-refractivity contribution in [1.82, 2.24) is 24.5 Å². The highest BCUT2D eigenvalue weighted by molar-refractivity contribution is 5.69. The Morgan fingerprint density at radius 1 is 0.267 bits per heavy atom. The van der Waals surface area contributed by atoms with Gasteiger partial charge in [0.05, 0.1) is 196 Å². The van der Waals surface area contributed by atoms with Gasteiger partial charge in [-0.25, -0.2) is 0 Å². The fraction of sp³-hybridized carbons (Fsp3) is 0.659. The molecule has 0 bridgehead atoms. The average molecular weight is 1620 g/mol. The molecule has 5 saturated heterocycles. The second kappa shape index (κ2) is 43.0. The number of aliphatic hydroxyl groups excluding tert-OH is 3. The summed E-state index contributed by atoms with van der Waals surface area (Å²) >= 11 is 0. The highest BCUT2D eigenvalue weighted by Gasteiger charge is 2.35. The lowest BCUT2D eigenvalue weighted by atomic mass is 10.1. The van der Waals surface area contributed by atoms with Gasteiger partial charge in [0, 0.05) is 183 Å². The van der Waals surface area contributed by atoms with Crippen LogP contribution in [-0.4, -0.2) is 413 Å². The van der Waals surface area contributed by atoms with Crippen molar-refractivity contribution in [3.05, 3.63) is 91.0 Å². The Balaban J connectivity index is 0.000000143. The second-order valence-corrected chi connectivity index (χ2v) is 36.1. The number of rotatable bonds is 26. The van der Waals surface area contributed by atoms with Gasteiger partial charge in [-0.05, 0) is 92.9 Å². The van der Waals surface area contributed by atoms with Crippen LogP contribution in [0.25, 0.3) is 0 Å². The van der Waals surface area contributed by atoms with Crippen LogP contribution in [0.2, 0.25) is 0 Å². The van der Waals surface area contributed by atoms with E-state index in [0.29, 0.717) is 6.61 Å². The van der Waals surface area contributed by atoms with Crippen LogP contribution < -0.4 is 76.9 Å². The monoisotopic (exact) mass is 1620 g/mol. The number of anilines is 10. The van der Waals surface area contributed by atoms with E-state index in [0.717, 1.165) is 271 Å². The zero-order valence-electron chi connectivity index (χ0n) is 72.2. The summed E-state index contributed by atoms with van der Waals surface area (Å²) in [5.41, 5.74) is 38.9. The van der Waals surface area contributed by atoms with Gasteiger partial charge < -0.3 is 115 Å². The van der Waals surface area contributed by atoms with Crippen molar-refractivity contribution >= 4 is 56.9 Å². The summed E-state index contributed by atoms with van der Waals surface area (Å²) in [6.07, 6.45) is 6.23. The van der Waals surface area contributed by atoms with Crippen LogP contribution in [0, 0.1) is 0 Å². The number of hydrogen-bond acceptors (Lipinski definition) is 23. The molecule has 5 aromatic carbocycles. The van der Waals surface area contributed by atoms with E-state index in [9.17, 15) is 15.3 Å². The number of fused-ring (bicyclic) bond motifs is 5. The quantitative estimate of drug-likeness (QED) is 0.0217. The molecule has 0 atom stereocenters. The van der Waals surface area contributed by atoms with Crippen LogP contribution in [0.3, 0.4) is 0 Å². The summed E-state index contributed by atoms with van der Waals surface area (Å²) in [6.45, 7) is 46.0. The Kier molecular flexibility index (Phi) is 33.1. The van der Waals surface area contributed by atoms with Gasteiger partial charge in [0.1, 0.15) is 81.4 Å². The van der Waals surface area contributed by atoms with E-state index < -0.39 is 0 Å². The Labute approximate surface area is 695 Å². The van der Waals surface area contributed by atoms with E-state index in [1.165, 1.54) is 145 Å². The lowest BCUT2D eigenvalue weighted by Gasteiger charge is -2.44. The van der Waals surface area contributed by atoms with Crippen LogP contribution in [0.1, 0.15) is 32.1 Å². The third-order valence-electron chi connectivity index (χ3n) is 25.9. The Bertz CT molecular complexity index is 3750. The highest BCUT2D eigenvalue weighted by Crippen LogP contribution is 2.38. The molecular weight excluding hydrogens is 1470 g/mol. The molecular formula is C88H151N20O8+5. The molecule has 28 heteroatoms. The molecule has 116 heavy (non-hydrogen) atoms. The first-order valence-corrected chi connectivity index (χ1v) is 43.8. The normalized spacial score (nSPS) is 20.8. The number of quaternary nitrogens is 5. The minimum Gasteiger partial charge on any atom is -0.489 e. The van der Waals surface area contributed by atoms with Gasteiger partial charge >= 0.3 is 0 Å². The highest BCUT2D eigenvalue weighted by atomic mass is 16.5. The molecule has 5 fully saturated rings. The molecule has 10 heterocycles. The Morgan fingerprint density at radius 2 is 0.509 bits per heavy atom. The standard InChI is InChI=1S/C19H33N4O.C18H31N4O3.C18H31N4O2.C17H29N4O.C16H27N4O/c1-23(2)13-10-21(11-14-23)8-4-3-5-9-22-12-15-24-19-16-17(20)6-7-18(19)22;19-16-1-2-17-18(15-16)25-14-7-21(17)4-3-20-5-8-22(9-6-20,10-12-23)11-13-24;1-22(12-13-23)10-7-20(8-11-22)5-2-6-21-9-14-24-18-15-16(19)3-4-17(18)21;1-21(2)11-8-19(9-12-21)6-3-7-20-10-13-22-17-14-15(18)4-5-16(17)20;1-20(2)10-7-18(8-11-20)5-6-19-9-12-21-16-13-14(17)3-4-15(16)19/h6-7,16H,3-5,8-15,20H2,1-2H3;1-2,15,23-24H,3-14,19H2;3-4,15,23H,2,5-14,19H2,1H3;4-5,14H,3,6-13,18H2,1-2H3;3-4,13H,5-12,17H2,1-2H3/q5*+1. The van der Waals surface area contributed by atoms with E-state index in [1.807, 2.05) is 66.7 Å². The summed E-state index contributed by atoms with van der Waals surface area (Å²) in [6, 6.07) is 29.8. The molecule has 0 radical (unpaired) electrons. The molecule has 13 N–H and O–H groups in total. The first-order valence-electron chi connectivity index (χ1n) is 43.8. The molecule has 10 aliphatic rings. The summed E-state index contributed by atoms with van der Waals surface area (Å²) in [7, 11) is 16.2. The van der Waals surface area contributed by atoms with Crippen molar-refractivity contribution in [2.24, 2.45) is 0 Å². The van der Waals surface area contributed by atoms with Gasteiger partial charge in [0.25, 0.3) is 0 Å². The second-order valence-electron chi connectivity index (χ2n) is 36.1. The van der Waals surface area contributed by atoms with E-state index >= 15 is 0 Å². The fourth-order valence-electron chi connectivity index (χ4n) is 17.6. The summed E-state index contributed by atoms with van der Waals surface area (Å²) in [5.74, 6) is 4.60. The number of nitrogen functional groups attached to an aromatic ring is 5. The van der Waals surface area contributed by atoms with Crippen molar-refractivity contribution in [2.45, 2.75) is 32.1 Å². The summed E-state index contributed by atoms with van der Waals surface area (Å²) in [4.78, 5) is 24.9. The third-order valence-corrected chi connectivity index (χ3v) is 25.9. The molecule has 0 aromatic heterocycles. The van der Waals surface area contributed by atoms with Crippen molar-refractivity contribution in [3.63, 3.8) is 0 Å². The SMILES string of the molecule is C[N+]1(C)CCN(CCCCCN2CCOc3cc(N)ccc32)CC1.C[N+]1(C)CCN(CCCN2CCOc3cc(N)ccc32)CC1.C[N+]1(C)CCN(CCN2CCOc3cc(N)ccc32)CC1.C[N+]1(CCO)CCN(CCCN2CCOc3cc(N)ccc32)CC1.Nc1ccc2c(c1)OCCN2CCN1CC[N+](CCO)(CCO)CC1. The first-order chi connectivity index (χ1) is 55.9. The van der Waals surface area contributed by atoms with E-state index in [1.54, 1.807) is 0 Å². The van der Waals surface area contributed by atoms with Crippen LogP contribution in [-0.2, 0) is 0 Å². The number of nitrogens with zero attached hydrogens (tertiary/aromatic N) is 15. The van der Waals surface area contributed by atoms with E-state index in [4.69, 9.17) is 52.4 Å². The van der Waals surface area contributed by atoms with E-state index in [2.05, 4.69) is 123 Å². The van der Waals surface area contributed by atoms with Crippen LogP contribution in [0.5, 0.6) is 28.7 Å². The molecule has 0 aliphatic carbocycles. The maximum Gasteiger partial charge on any atom is 0.144 e. The van der Waals surface area contributed by atoms with Crippen LogP contribution in [0.4, 0.5) is 56.9 Å². The maximum atomic E-state index is 9.32.